The molecule has 0 fully saturated rings. The van der Waals surface area contributed by atoms with Gasteiger partial charge in [0.2, 0.25) is 0 Å². The smallest absolute Gasteiger partial charge is 0.254 e. The molecule has 0 aliphatic rings. The first kappa shape index (κ1) is 15.7. The van der Waals surface area contributed by atoms with Crippen molar-refractivity contribution >= 4 is 27.3 Å². The number of carbonyl (C=O) groups is 1. The number of benzene rings is 1. The summed E-state index contributed by atoms with van der Waals surface area (Å²) in [5, 5.41) is 18.5. The number of hydrogen-bond donors (Lipinski definition) is 2. The van der Waals surface area contributed by atoms with Crippen LogP contribution in [0.5, 0.6) is 0 Å². The van der Waals surface area contributed by atoms with E-state index in [-0.39, 0.29) is 12.5 Å². The van der Waals surface area contributed by atoms with Gasteiger partial charge >= 0.3 is 0 Å². The van der Waals surface area contributed by atoms with E-state index in [4.69, 9.17) is 0 Å². The third-order valence-electron chi connectivity index (χ3n) is 3.71. The number of amides is 1. The van der Waals surface area contributed by atoms with Crippen LogP contribution in [0.25, 0.3) is 10.1 Å². The van der Waals surface area contributed by atoms with Gasteiger partial charge in [-0.3, -0.25) is 9.48 Å². The van der Waals surface area contributed by atoms with Gasteiger partial charge in [0.05, 0.1) is 11.3 Å². The first-order valence-electron chi connectivity index (χ1n) is 7.55. The molecule has 0 saturated carbocycles. The van der Waals surface area contributed by atoms with Gasteiger partial charge in [-0.1, -0.05) is 25.1 Å². The molecule has 1 atom stereocenters. The van der Waals surface area contributed by atoms with E-state index < -0.39 is 6.10 Å². The van der Waals surface area contributed by atoms with Gasteiger partial charge in [-0.25, -0.2) is 0 Å². The number of thiophene rings is 1. The number of nitrogens with zero attached hydrogens (tertiary/aromatic N) is 2. The van der Waals surface area contributed by atoms with E-state index in [0.29, 0.717) is 12.0 Å². The first-order chi connectivity index (χ1) is 11.1. The lowest BCUT2D eigenvalue weighted by Crippen LogP contribution is -2.28. The van der Waals surface area contributed by atoms with Crippen LogP contribution in [-0.2, 0) is 13.5 Å². The van der Waals surface area contributed by atoms with Crippen molar-refractivity contribution in [1.82, 2.24) is 15.1 Å². The quantitative estimate of drug-likeness (QED) is 0.756. The summed E-state index contributed by atoms with van der Waals surface area (Å²) < 4.78 is 2.77. The molecule has 6 heteroatoms. The number of carbonyl (C=O) groups excluding carboxylic acids is 1. The molecule has 0 saturated heterocycles. The fourth-order valence-electron chi connectivity index (χ4n) is 2.54. The summed E-state index contributed by atoms with van der Waals surface area (Å²) in [7, 11) is 1.79. The fourth-order valence-corrected chi connectivity index (χ4v) is 3.59. The van der Waals surface area contributed by atoms with Crippen LogP contribution in [0, 0.1) is 0 Å². The molecule has 2 heterocycles. The molecule has 3 rings (SSSR count). The molecule has 0 radical (unpaired) electrons. The predicted octanol–water partition coefficient (Wildman–Crippen LogP) is 2.66. The number of aromatic nitrogens is 2. The van der Waals surface area contributed by atoms with Crippen molar-refractivity contribution in [3.05, 3.63) is 52.7 Å². The molecule has 2 N–H and O–H groups in total. The van der Waals surface area contributed by atoms with Crippen molar-refractivity contribution in [3.63, 3.8) is 0 Å². The molecule has 0 spiro atoms. The highest BCUT2D eigenvalue weighted by Crippen LogP contribution is 2.29. The topological polar surface area (TPSA) is 67.2 Å². The van der Waals surface area contributed by atoms with Gasteiger partial charge in [-0.05, 0) is 23.9 Å². The molecule has 3 aromatic rings. The summed E-state index contributed by atoms with van der Waals surface area (Å²) >= 11 is 1.55. The molecule has 5 nitrogen and oxygen atoms in total. The highest BCUT2D eigenvalue weighted by Gasteiger charge is 2.17. The second kappa shape index (κ2) is 6.52. The van der Waals surface area contributed by atoms with E-state index in [1.165, 1.54) is 0 Å². The van der Waals surface area contributed by atoms with Gasteiger partial charge in [0, 0.05) is 29.4 Å². The molecule has 120 valence electrons. The Morgan fingerprint density at radius 3 is 2.96 bits per heavy atom. The maximum absolute atomic E-state index is 12.3. The summed E-state index contributed by atoms with van der Waals surface area (Å²) in [4.78, 5) is 13.1. The number of hydrogen-bond acceptors (Lipinski definition) is 4. The highest BCUT2D eigenvalue weighted by atomic mass is 32.1. The monoisotopic (exact) mass is 329 g/mol. The van der Waals surface area contributed by atoms with Gasteiger partial charge < -0.3 is 10.4 Å². The lowest BCUT2D eigenvalue weighted by atomic mass is 10.2. The minimum atomic E-state index is -0.710. The van der Waals surface area contributed by atoms with E-state index in [1.54, 1.807) is 29.3 Å². The summed E-state index contributed by atoms with van der Waals surface area (Å²) in [5.74, 6) is -0.199. The maximum Gasteiger partial charge on any atom is 0.254 e. The highest BCUT2D eigenvalue weighted by molar-refractivity contribution is 7.19. The Morgan fingerprint density at radius 2 is 2.22 bits per heavy atom. The summed E-state index contributed by atoms with van der Waals surface area (Å²) in [6.45, 7) is 2.15. The van der Waals surface area contributed by atoms with Crippen LogP contribution in [0.15, 0.2) is 36.5 Å². The largest absolute Gasteiger partial charge is 0.386 e. The van der Waals surface area contributed by atoms with Crippen molar-refractivity contribution in [3.8, 4) is 0 Å². The molecule has 2 aromatic heterocycles. The van der Waals surface area contributed by atoms with Gasteiger partial charge in [-0.2, -0.15) is 5.10 Å². The van der Waals surface area contributed by atoms with Gasteiger partial charge in [0.1, 0.15) is 6.10 Å². The average Bonchev–Trinajstić information content (AvgIpc) is 3.15. The molecule has 0 bridgehead atoms. The van der Waals surface area contributed by atoms with E-state index >= 15 is 0 Å². The van der Waals surface area contributed by atoms with Crippen molar-refractivity contribution in [2.75, 3.05) is 6.54 Å². The van der Waals surface area contributed by atoms with Crippen molar-refractivity contribution in [2.24, 2.45) is 7.05 Å². The molecular weight excluding hydrogens is 310 g/mol. The van der Waals surface area contributed by atoms with Crippen molar-refractivity contribution in [2.45, 2.75) is 19.4 Å². The number of rotatable bonds is 5. The maximum atomic E-state index is 12.3. The Morgan fingerprint density at radius 1 is 1.43 bits per heavy atom. The Labute approximate surface area is 138 Å². The minimum Gasteiger partial charge on any atom is -0.386 e. The molecular formula is C17H19N3O2S. The zero-order valence-electron chi connectivity index (χ0n) is 13.1. The molecule has 0 aliphatic heterocycles. The summed E-state index contributed by atoms with van der Waals surface area (Å²) in [6.07, 6.45) is 1.70. The first-order valence-corrected chi connectivity index (χ1v) is 8.37. The second-order valence-corrected chi connectivity index (χ2v) is 6.54. The standard InChI is InChI=1S/C17H19N3O2S/c1-3-13-12(10-20(2)19-13)17(22)18-9-14(21)16-8-11-6-4-5-7-15(11)23-16/h4-8,10,14,21H,3,9H2,1-2H3,(H,18,22). The molecule has 1 amide bonds. The van der Waals surface area contributed by atoms with Crippen LogP contribution < -0.4 is 5.32 Å². The normalized spacial score (nSPS) is 12.5. The number of fused-ring (bicyclic) bond motifs is 1. The van der Waals surface area contributed by atoms with E-state index in [2.05, 4.69) is 10.4 Å². The van der Waals surface area contributed by atoms with E-state index in [9.17, 15) is 9.90 Å². The SMILES string of the molecule is CCc1nn(C)cc1C(=O)NCC(O)c1cc2ccccc2s1. The van der Waals surface area contributed by atoms with Crippen LogP contribution in [0.4, 0.5) is 0 Å². The van der Waals surface area contributed by atoms with Crippen LogP contribution in [-0.4, -0.2) is 27.3 Å². The minimum absolute atomic E-state index is 0.184. The van der Waals surface area contributed by atoms with Gasteiger partial charge in [0.25, 0.3) is 5.91 Å². The van der Waals surface area contributed by atoms with Crippen LogP contribution in [0.1, 0.15) is 34.0 Å². The van der Waals surface area contributed by atoms with Crippen LogP contribution >= 0.6 is 11.3 Å². The van der Waals surface area contributed by atoms with Gasteiger partial charge in [0.15, 0.2) is 0 Å². The van der Waals surface area contributed by atoms with Crippen molar-refractivity contribution < 1.29 is 9.90 Å². The van der Waals surface area contributed by atoms with E-state index in [1.807, 2.05) is 37.3 Å². The third-order valence-corrected chi connectivity index (χ3v) is 4.93. The lowest BCUT2D eigenvalue weighted by molar-refractivity contribution is 0.0917. The van der Waals surface area contributed by atoms with Gasteiger partial charge in [-0.15, -0.1) is 11.3 Å². The second-order valence-electron chi connectivity index (χ2n) is 5.43. The molecule has 1 aromatic carbocycles. The zero-order chi connectivity index (χ0) is 16.4. The lowest BCUT2D eigenvalue weighted by Gasteiger charge is -2.10. The Balaban J connectivity index is 1.68. The molecule has 0 aliphatic carbocycles. The number of aryl methyl sites for hydroxylation is 2. The fraction of sp³-hybridized carbons (Fsp3) is 0.294. The Hall–Kier alpha value is -2.18. The number of nitrogens with one attached hydrogen (secondary N) is 1. The molecule has 1 unspecified atom stereocenters. The van der Waals surface area contributed by atoms with Crippen LogP contribution in [0.3, 0.4) is 0 Å². The number of aliphatic hydroxyl groups excluding tert-OH is 1. The zero-order valence-corrected chi connectivity index (χ0v) is 13.9. The molecule has 23 heavy (non-hydrogen) atoms. The van der Waals surface area contributed by atoms with Crippen molar-refractivity contribution in [1.29, 1.82) is 0 Å². The predicted molar refractivity (Wildman–Crippen MR) is 91.7 cm³/mol. The Bertz CT molecular complexity index is 804. The summed E-state index contributed by atoms with van der Waals surface area (Å²) in [5.41, 5.74) is 1.33. The summed E-state index contributed by atoms with van der Waals surface area (Å²) in [6, 6.07) is 9.97. The third kappa shape index (κ3) is 3.28. The average molecular weight is 329 g/mol. The number of aliphatic hydroxyl groups is 1. The Kier molecular flexibility index (Phi) is 4.45. The van der Waals surface area contributed by atoms with Crippen LogP contribution in [0.2, 0.25) is 0 Å². The van der Waals surface area contributed by atoms with E-state index in [0.717, 1.165) is 20.7 Å².